The van der Waals surface area contributed by atoms with Gasteiger partial charge in [-0.15, -0.1) is 0 Å². The minimum atomic E-state index is -0.536. The topological polar surface area (TPSA) is 57.1 Å². The zero-order chi connectivity index (χ0) is 23.1. The van der Waals surface area contributed by atoms with E-state index in [0.29, 0.717) is 11.6 Å². The predicted molar refractivity (Wildman–Crippen MR) is 132 cm³/mol. The maximum absolute atomic E-state index is 6.42. The molecule has 5 rings (SSSR count). The van der Waals surface area contributed by atoms with Gasteiger partial charge in [0.2, 0.25) is 0 Å². The van der Waals surface area contributed by atoms with E-state index in [4.69, 9.17) is 14.3 Å². The fourth-order valence-corrected chi connectivity index (χ4v) is 3.99. The Labute approximate surface area is 195 Å². The Hall–Kier alpha value is -3.35. The second-order valence-corrected chi connectivity index (χ2v) is 9.22. The zero-order valence-electron chi connectivity index (χ0n) is 19.3. The van der Waals surface area contributed by atoms with Crippen molar-refractivity contribution >= 4 is 12.6 Å². The molecule has 0 unspecified atom stereocenters. The molecule has 0 spiro atoms. The third kappa shape index (κ3) is 3.97. The lowest BCUT2D eigenvalue weighted by Crippen LogP contribution is -2.41. The molecule has 1 aliphatic rings. The van der Waals surface area contributed by atoms with Gasteiger partial charge in [0.1, 0.15) is 6.33 Å². The number of nitrogens with zero attached hydrogens (tertiary/aromatic N) is 3. The molecule has 1 fully saturated rings. The van der Waals surface area contributed by atoms with Gasteiger partial charge in [-0.25, -0.2) is 15.0 Å². The number of rotatable bonds is 4. The van der Waals surface area contributed by atoms with Gasteiger partial charge in [0, 0.05) is 11.1 Å². The molecular formula is C27H26BN3O2. The lowest BCUT2D eigenvalue weighted by molar-refractivity contribution is 0.00578. The monoisotopic (exact) mass is 435 g/mol. The first-order valence-corrected chi connectivity index (χ1v) is 11.1. The highest BCUT2D eigenvalue weighted by Crippen LogP contribution is 2.38. The average molecular weight is 435 g/mol. The molecule has 3 aromatic carbocycles. The van der Waals surface area contributed by atoms with E-state index < -0.39 is 18.3 Å². The van der Waals surface area contributed by atoms with Crippen LogP contribution in [0, 0.1) is 0 Å². The maximum Gasteiger partial charge on any atom is 0.495 e. The van der Waals surface area contributed by atoms with E-state index in [9.17, 15) is 0 Å². The number of benzene rings is 3. The second kappa shape index (κ2) is 8.21. The van der Waals surface area contributed by atoms with Crippen molar-refractivity contribution in [3.63, 3.8) is 0 Å². The summed E-state index contributed by atoms with van der Waals surface area (Å²) < 4.78 is 12.8. The van der Waals surface area contributed by atoms with Crippen LogP contribution >= 0.6 is 0 Å². The minimum absolute atomic E-state index is 0.452. The maximum atomic E-state index is 6.42. The van der Waals surface area contributed by atoms with Gasteiger partial charge in [-0.3, -0.25) is 0 Å². The Morgan fingerprint density at radius 3 is 1.85 bits per heavy atom. The summed E-state index contributed by atoms with van der Waals surface area (Å²) in [4.78, 5) is 13.9. The van der Waals surface area contributed by atoms with Crippen LogP contribution < -0.4 is 5.46 Å². The number of hydrogen-bond donors (Lipinski definition) is 0. The van der Waals surface area contributed by atoms with Gasteiger partial charge in [0.15, 0.2) is 11.6 Å². The molecule has 0 aliphatic carbocycles. The van der Waals surface area contributed by atoms with Crippen LogP contribution in [0.2, 0.25) is 0 Å². The van der Waals surface area contributed by atoms with E-state index in [1.54, 1.807) is 6.33 Å². The summed E-state index contributed by atoms with van der Waals surface area (Å²) in [5.41, 5.74) is 3.93. The molecule has 0 amide bonds. The van der Waals surface area contributed by atoms with E-state index >= 15 is 0 Å². The van der Waals surface area contributed by atoms with Crippen LogP contribution in [0.5, 0.6) is 0 Å². The summed E-state index contributed by atoms with van der Waals surface area (Å²) in [7, 11) is -0.536. The lowest BCUT2D eigenvalue weighted by Gasteiger charge is -2.32. The van der Waals surface area contributed by atoms with Crippen molar-refractivity contribution in [2.24, 2.45) is 0 Å². The normalized spacial score (nSPS) is 16.7. The SMILES string of the molecule is CC1(C)OB(c2cccc(-c3ccccc3)c2-c2ncnc(-c3ccccc3)n2)OC1(C)C. The van der Waals surface area contributed by atoms with Gasteiger partial charge in [0.05, 0.1) is 11.2 Å². The van der Waals surface area contributed by atoms with Crippen molar-refractivity contribution in [2.45, 2.75) is 38.9 Å². The van der Waals surface area contributed by atoms with Crippen molar-refractivity contribution in [3.05, 3.63) is 85.2 Å². The molecule has 1 aromatic heterocycles. The Morgan fingerprint density at radius 2 is 1.21 bits per heavy atom. The van der Waals surface area contributed by atoms with Gasteiger partial charge >= 0.3 is 7.12 Å². The van der Waals surface area contributed by atoms with Crippen LogP contribution in [-0.2, 0) is 9.31 Å². The first-order valence-electron chi connectivity index (χ1n) is 11.1. The molecule has 5 nitrogen and oxygen atoms in total. The van der Waals surface area contributed by atoms with E-state index in [-0.39, 0.29) is 0 Å². The lowest BCUT2D eigenvalue weighted by atomic mass is 9.73. The molecular weight excluding hydrogens is 409 g/mol. The molecule has 0 atom stereocenters. The Balaban J connectivity index is 1.71. The van der Waals surface area contributed by atoms with Crippen LogP contribution in [0.1, 0.15) is 27.7 Å². The second-order valence-electron chi connectivity index (χ2n) is 9.22. The minimum Gasteiger partial charge on any atom is -0.399 e. The highest BCUT2D eigenvalue weighted by molar-refractivity contribution is 6.64. The number of hydrogen-bond acceptors (Lipinski definition) is 5. The van der Waals surface area contributed by atoms with Crippen molar-refractivity contribution in [3.8, 4) is 33.9 Å². The summed E-state index contributed by atoms with van der Waals surface area (Å²) >= 11 is 0. The summed E-state index contributed by atoms with van der Waals surface area (Å²) in [6.07, 6.45) is 1.57. The fraction of sp³-hybridized carbons (Fsp3) is 0.222. The Morgan fingerprint density at radius 1 is 0.636 bits per heavy atom. The average Bonchev–Trinajstić information content (AvgIpc) is 3.06. The highest BCUT2D eigenvalue weighted by atomic mass is 16.7. The zero-order valence-corrected chi connectivity index (χ0v) is 19.3. The van der Waals surface area contributed by atoms with Crippen molar-refractivity contribution in [1.82, 2.24) is 15.0 Å². The molecule has 0 bridgehead atoms. The third-order valence-electron chi connectivity index (χ3n) is 6.52. The summed E-state index contributed by atoms with van der Waals surface area (Å²) in [5, 5.41) is 0. The van der Waals surface area contributed by atoms with Gasteiger partial charge in [-0.2, -0.15) is 0 Å². The number of aromatic nitrogens is 3. The summed E-state index contributed by atoms with van der Waals surface area (Å²) in [6.45, 7) is 8.24. The molecule has 0 N–H and O–H groups in total. The van der Waals surface area contributed by atoms with E-state index in [1.165, 1.54) is 0 Å². The predicted octanol–water partition coefficient (Wildman–Crippen LogP) is 5.17. The fourth-order valence-electron chi connectivity index (χ4n) is 3.99. The molecule has 164 valence electrons. The summed E-state index contributed by atoms with van der Waals surface area (Å²) in [6, 6.07) is 26.3. The largest absolute Gasteiger partial charge is 0.495 e. The van der Waals surface area contributed by atoms with Gasteiger partial charge in [-0.1, -0.05) is 78.9 Å². The quantitative estimate of drug-likeness (QED) is 0.414. The molecule has 2 heterocycles. The van der Waals surface area contributed by atoms with Crippen LogP contribution in [0.3, 0.4) is 0 Å². The Bertz CT molecular complexity index is 1260. The van der Waals surface area contributed by atoms with E-state index in [2.05, 4.69) is 55.9 Å². The first kappa shape index (κ1) is 21.5. The molecule has 0 saturated carbocycles. The van der Waals surface area contributed by atoms with Gasteiger partial charge in [-0.05, 0) is 44.3 Å². The van der Waals surface area contributed by atoms with Crippen molar-refractivity contribution in [2.75, 3.05) is 0 Å². The van der Waals surface area contributed by atoms with Gasteiger partial charge < -0.3 is 9.31 Å². The smallest absolute Gasteiger partial charge is 0.399 e. The molecule has 33 heavy (non-hydrogen) atoms. The standard InChI is InChI=1S/C27H26BN3O2/c1-26(2)27(3,4)33-28(32-26)22-17-11-16-21(19-12-7-5-8-13-19)23(22)25-30-18-29-24(31-25)20-14-9-6-10-15-20/h5-18H,1-4H3. The van der Waals surface area contributed by atoms with Crippen molar-refractivity contribution < 1.29 is 9.31 Å². The van der Waals surface area contributed by atoms with Crippen LogP contribution in [-0.4, -0.2) is 33.3 Å². The molecule has 4 aromatic rings. The molecule has 1 aliphatic heterocycles. The molecule has 6 heteroatoms. The molecule has 0 radical (unpaired) electrons. The van der Waals surface area contributed by atoms with Crippen LogP contribution in [0.4, 0.5) is 0 Å². The van der Waals surface area contributed by atoms with Gasteiger partial charge in [0.25, 0.3) is 0 Å². The van der Waals surface area contributed by atoms with Crippen molar-refractivity contribution in [1.29, 1.82) is 0 Å². The highest BCUT2D eigenvalue weighted by Gasteiger charge is 2.52. The van der Waals surface area contributed by atoms with E-state index in [0.717, 1.165) is 27.7 Å². The van der Waals surface area contributed by atoms with E-state index in [1.807, 2.05) is 60.7 Å². The Kier molecular flexibility index (Phi) is 5.35. The molecule has 1 saturated heterocycles. The van der Waals surface area contributed by atoms with Crippen LogP contribution in [0.25, 0.3) is 33.9 Å². The summed E-state index contributed by atoms with van der Waals surface area (Å²) in [5.74, 6) is 1.22. The van der Waals surface area contributed by atoms with Crippen LogP contribution in [0.15, 0.2) is 85.2 Å². The first-order chi connectivity index (χ1) is 15.9. The third-order valence-corrected chi connectivity index (χ3v) is 6.52.